The maximum absolute atomic E-state index is 3.62. The Morgan fingerprint density at radius 2 is 1.84 bits per heavy atom. The van der Waals surface area contributed by atoms with Crippen molar-refractivity contribution in [3.05, 3.63) is 19.7 Å². The monoisotopic (exact) mass is 419 g/mol. The number of hydrogen-bond donors (Lipinski definition) is 0. The van der Waals surface area contributed by atoms with Gasteiger partial charge in [0.25, 0.3) is 0 Å². The molecule has 5 heteroatoms. The first-order valence-corrected chi connectivity index (χ1v) is 9.79. The van der Waals surface area contributed by atoms with Crippen LogP contribution in [0.4, 0.5) is 0 Å². The number of fused-ring (bicyclic) bond motifs is 3. The third-order valence-corrected chi connectivity index (χ3v) is 6.70. The lowest BCUT2D eigenvalue weighted by atomic mass is 10.2. The number of rotatable bonds is 5. The Kier molecular flexibility index (Phi) is 4.37. The van der Waals surface area contributed by atoms with Gasteiger partial charge in [-0.1, -0.05) is 26.2 Å². The molecule has 19 heavy (non-hydrogen) atoms. The molecule has 0 saturated carbocycles. The Labute approximate surface area is 137 Å². The number of aromatic nitrogens is 1. The van der Waals surface area contributed by atoms with Crippen LogP contribution >= 0.6 is 54.5 Å². The van der Waals surface area contributed by atoms with Crippen LogP contribution in [0.2, 0.25) is 0 Å². The van der Waals surface area contributed by atoms with E-state index in [9.17, 15) is 0 Å². The summed E-state index contributed by atoms with van der Waals surface area (Å²) in [6, 6.07) is 4.52. The van der Waals surface area contributed by atoms with E-state index in [4.69, 9.17) is 0 Å². The van der Waals surface area contributed by atoms with Crippen molar-refractivity contribution in [2.24, 2.45) is 0 Å². The molecule has 0 aromatic carbocycles. The summed E-state index contributed by atoms with van der Waals surface area (Å²) < 4.78 is 6.37. The minimum atomic E-state index is 1.14. The van der Waals surface area contributed by atoms with Crippen LogP contribution in [0, 0.1) is 0 Å². The highest BCUT2D eigenvalue weighted by Crippen LogP contribution is 2.42. The van der Waals surface area contributed by atoms with Gasteiger partial charge in [-0.25, -0.2) is 0 Å². The Balaban J connectivity index is 2.02. The molecule has 0 atom stereocenters. The molecule has 0 unspecified atom stereocenters. The van der Waals surface area contributed by atoms with Gasteiger partial charge in [-0.3, -0.25) is 0 Å². The van der Waals surface area contributed by atoms with Gasteiger partial charge in [-0.15, -0.1) is 22.7 Å². The molecule has 0 spiro atoms. The van der Waals surface area contributed by atoms with E-state index in [1.807, 2.05) is 22.7 Å². The van der Waals surface area contributed by atoms with Crippen LogP contribution in [0.25, 0.3) is 20.4 Å². The zero-order chi connectivity index (χ0) is 13.4. The summed E-state index contributed by atoms with van der Waals surface area (Å²) in [5.74, 6) is 0. The molecule has 3 rings (SSSR count). The lowest BCUT2D eigenvalue weighted by molar-refractivity contribution is 0.604. The van der Waals surface area contributed by atoms with Crippen molar-refractivity contribution in [1.82, 2.24) is 4.57 Å². The molecule has 0 bridgehead atoms. The largest absolute Gasteiger partial charge is 0.331 e. The highest BCUT2D eigenvalue weighted by Gasteiger charge is 2.15. The standard InChI is InChI=1S/C14H15Br2NS2/c1-2-3-4-5-6-17-10-8-12(16)18-13(10)9-7-11(15)19-14(9)17/h7-8H,2-6H2,1H3. The molecule has 0 fully saturated rings. The molecule has 0 radical (unpaired) electrons. The fraction of sp³-hybridized carbons (Fsp3) is 0.429. The Bertz CT molecular complexity index is 654. The Morgan fingerprint density at radius 1 is 1.05 bits per heavy atom. The summed E-state index contributed by atoms with van der Waals surface area (Å²) in [6.45, 7) is 3.40. The summed E-state index contributed by atoms with van der Waals surface area (Å²) >= 11 is 10.9. The molecule has 3 aromatic heterocycles. The number of unbranched alkanes of at least 4 members (excludes halogenated alkanes) is 3. The molecule has 0 N–H and O–H groups in total. The summed E-state index contributed by atoms with van der Waals surface area (Å²) in [5.41, 5.74) is 1.39. The quantitative estimate of drug-likeness (QED) is 0.390. The first-order chi connectivity index (χ1) is 9.20. The van der Waals surface area contributed by atoms with Crippen molar-refractivity contribution >= 4 is 75.0 Å². The number of hydrogen-bond acceptors (Lipinski definition) is 2. The van der Waals surface area contributed by atoms with Gasteiger partial charge < -0.3 is 4.57 Å². The average Bonchev–Trinajstić information content (AvgIpc) is 2.98. The Morgan fingerprint density at radius 3 is 2.63 bits per heavy atom. The highest BCUT2D eigenvalue weighted by molar-refractivity contribution is 9.11. The van der Waals surface area contributed by atoms with Gasteiger partial charge >= 0.3 is 0 Å². The molecule has 0 aliphatic heterocycles. The topological polar surface area (TPSA) is 4.93 Å². The zero-order valence-corrected chi connectivity index (χ0v) is 15.5. The maximum atomic E-state index is 3.62. The highest BCUT2D eigenvalue weighted by atomic mass is 79.9. The van der Waals surface area contributed by atoms with E-state index >= 15 is 0 Å². The van der Waals surface area contributed by atoms with Gasteiger partial charge in [0.15, 0.2) is 0 Å². The Hall–Kier alpha value is 0.160. The van der Waals surface area contributed by atoms with Crippen LogP contribution in [0.15, 0.2) is 19.7 Å². The van der Waals surface area contributed by atoms with Crippen molar-refractivity contribution < 1.29 is 0 Å². The number of nitrogens with zero attached hydrogens (tertiary/aromatic N) is 1. The van der Waals surface area contributed by atoms with E-state index in [-0.39, 0.29) is 0 Å². The van der Waals surface area contributed by atoms with Gasteiger partial charge in [0.2, 0.25) is 0 Å². The van der Waals surface area contributed by atoms with E-state index < -0.39 is 0 Å². The number of halogens is 2. The van der Waals surface area contributed by atoms with Gasteiger partial charge in [-0.05, 0) is 50.4 Å². The molecular weight excluding hydrogens is 406 g/mol. The molecule has 3 aromatic rings. The van der Waals surface area contributed by atoms with Crippen LogP contribution in [0.5, 0.6) is 0 Å². The van der Waals surface area contributed by atoms with E-state index in [1.165, 1.54) is 53.7 Å². The van der Waals surface area contributed by atoms with Crippen molar-refractivity contribution in [1.29, 1.82) is 0 Å². The summed E-state index contributed by atoms with van der Waals surface area (Å²) in [6.07, 6.45) is 5.24. The van der Waals surface area contributed by atoms with E-state index in [0.717, 1.165) is 6.54 Å². The predicted molar refractivity (Wildman–Crippen MR) is 94.7 cm³/mol. The lowest BCUT2D eigenvalue weighted by Gasteiger charge is -2.04. The molecule has 102 valence electrons. The van der Waals surface area contributed by atoms with E-state index in [0.29, 0.717) is 0 Å². The van der Waals surface area contributed by atoms with Crippen LogP contribution in [0.1, 0.15) is 32.6 Å². The molecule has 0 aliphatic rings. The average molecular weight is 421 g/mol. The van der Waals surface area contributed by atoms with Gasteiger partial charge in [-0.2, -0.15) is 0 Å². The van der Waals surface area contributed by atoms with Crippen molar-refractivity contribution in [2.45, 2.75) is 39.2 Å². The van der Waals surface area contributed by atoms with E-state index in [1.54, 1.807) is 0 Å². The van der Waals surface area contributed by atoms with Gasteiger partial charge in [0.1, 0.15) is 4.83 Å². The zero-order valence-electron chi connectivity index (χ0n) is 10.7. The molecule has 3 heterocycles. The van der Waals surface area contributed by atoms with Gasteiger partial charge in [0, 0.05) is 11.9 Å². The molecule has 0 aliphatic carbocycles. The van der Waals surface area contributed by atoms with Crippen molar-refractivity contribution in [2.75, 3.05) is 0 Å². The second kappa shape index (κ2) is 5.88. The van der Waals surface area contributed by atoms with Crippen molar-refractivity contribution in [3.8, 4) is 0 Å². The van der Waals surface area contributed by atoms with Crippen LogP contribution in [-0.4, -0.2) is 4.57 Å². The molecule has 0 amide bonds. The predicted octanol–water partition coefficient (Wildman–Crippen LogP) is 7.02. The van der Waals surface area contributed by atoms with Gasteiger partial charge in [0.05, 0.1) is 17.8 Å². The minimum absolute atomic E-state index is 1.14. The van der Waals surface area contributed by atoms with Crippen molar-refractivity contribution in [3.63, 3.8) is 0 Å². The fourth-order valence-electron chi connectivity index (χ4n) is 2.49. The lowest BCUT2D eigenvalue weighted by Crippen LogP contribution is -1.95. The molecular formula is C14H15Br2NS2. The second-order valence-electron chi connectivity index (χ2n) is 4.75. The number of aryl methyl sites for hydroxylation is 1. The van der Waals surface area contributed by atoms with Crippen LogP contribution in [0.3, 0.4) is 0 Å². The first-order valence-electron chi connectivity index (χ1n) is 6.57. The smallest absolute Gasteiger partial charge is 0.105 e. The SMILES string of the molecule is CCCCCCn1c2cc(Br)sc2c2cc(Br)sc21. The normalized spacial score (nSPS) is 11.9. The molecule has 0 saturated heterocycles. The van der Waals surface area contributed by atoms with Crippen LogP contribution in [-0.2, 0) is 6.54 Å². The van der Waals surface area contributed by atoms with E-state index in [2.05, 4.69) is 55.5 Å². The maximum Gasteiger partial charge on any atom is 0.105 e. The molecule has 1 nitrogen and oxygen atoms in total. The fourth-order valence-corrected chi connectivity index (χ4v) is 5.78. The van der Waals surface area contributed by atoms with Crippen LogP contribution < -0.4 is 0 Å². The second-order valence-corrected chi connectivity index (χ2v) is 9.59. The third kappa shape index (κ3) is 2.67. The summed E-state index contributed by atoms with van der Waals surface area (Å²) in [4.78, 5) is 1.41. The third-order valence-electron chi connectivity index (χ3n) is 3.38. The summed E-state index contributed by atoms with van der Waals surface area (Å²) in [7, 11) is 0. The summed E-state index contributed by atoms with van der Waals surface area (Å²) in [5, 5.41) is 1.40. The minimum Gasteiger partial charge on any atom is -0.331 e. The number of thiophene rings is 2. The first kappa shape index (κ1) is 14.1.